The standard InChI is InChI=1S/C11H16N6/c1-7-4-13-8(2)11(16-7)14-5-9-6-15-17(3)10(9)12/h4,6H,5,12H2,1-3H3,(H,14,16). The lowest BCUT2D eigenvalue weighted by Crippen LogP contribution is -2.07. The van der Waals surface area contributed by atoms with Crippen LogP contribution in [-0.4, -0.2) is 19.7 Å². The van der Waals surface area contributed by atoms with E-state index in [1.54, 1.807) is 17.1 Å². The molecule has 90 valence electrons. The van der Waals surface area contributed by atoms with Crippen molar-refractivity contribution in [1.29, 1.82) is 0 Å². The molecule has 0 bridgehead atoms. The first-order chi connectivity index (χ1) is 8.08. The summed E-state index contributed by atoms with van der Waals surface area (Å²) in [5, 5.41) is 7.30. The van der Waals surface area contributed by atoms with Crippen molar-refractivity contribution in [2.24, 2.45) is 7.05 Å². The normalized spacial score (nSPS) is 10.5. The Kier molecular flexibility index (Phi) is 2.95. The maximum Gasteiger partial charge on any atom is 0.148 e. The molecule has 2 rings (SSSR count). The summed E-state index contributed by atoms with van der Waals surface area (Å²) in [6.07, 6.45) is 3.50. The van der Waals surface area contributed by atoms with E-state index in [4.69, 9.17) is 5.73 Å². The first-order valence-corrected chi connectivity index (χ1v) is 5.38. The molecule has 3 N–H and O–H groups in total. The summed E-state index contributed by atoms with van der Waals surface area (Å²) in [7, 11) is 1.82. The van der Waals surface area contributed by atoms with Gasteiger partial charge in [0.2, 0.25) is 0 Å². The van der Waals surface area contributed by atoms with Crippen LogP contribution in [0.15, 0.2) is 12.4 Å². The Morgan fingerprint density at radius 1 is 1.35 bits per heavy atom. The Morgan fingerprint density at radius 3 is 2.76 bits per heavy atom. The third-order valence-corrected chi connectivity index (χ3v) is 2.59. The summed E-state index contributed by atoms with van der Waals surface area (Å²) in [5.74, 6) is 1.45. The summed E-state index contributed by atoms with van der Waals surface area (Å²) in [5.41, 5.74) is 8.57. The molecule has 0 saturated carbocycles. The Morgan fingerprint density at radius 2 is 2.12 bits per heavy atom. The number of nitrogens with two attached hydrogens (primary N) is 1. The average molecular weight is 232 g/mol. The van der Waals surface area contributed by atoms with Gasteiger partial charge in [-0.2, -0.15) is 5.10 Å². The van der Waals surface area contributed by atoms with Gasteiger partial charge in [-0.15, -0.1) is 0 Å². The van der Waals surface area contributed by atoms with E-state index in [-0.39, 0.29) is 0 Å². The van der Waals surface area contributed by atoms with E-state index < -0.39 is 0 Å². The van der Waals surface area contributed by atoms with E-state index >= 15 is 0 Å². The van der Waals surface area contributed by atoms with Crippen LogP contribution in [0.4, 0.5) is 11.6 Å². The number of hydrogen-bond donors (Lipinski definition) is 2. The molecular weight excluding hydrogens is 216 g/mol. The highest BCUT2D eigenvalue weighted by Gasteiger charge is 2.06. The summed E-state index contributed by atoms with van der Waals surface area (Å²) >= 11 is 0. The maximum absolute atomic E-state index is 5.86. The molecule has 0 aliphatic rings. The number of hydrogen-bond acceptors (Lipinski definition) is 5. The predicted octanol–water partition coefficient (Wildman–Crippen LogP) is 1.02. The van der Waals surface area contributed by atoms with E-state index in [1.165, 1.54) is 0 Å². The van der Waals surface area contributed by atoms with Crippen molar-refractivity contribution in [3.63, 3.8) is 0 Å². The molecule has 0 atom stereocenters. The van der Waals surface area contributed by atoms with Gasteiger partial charge < -0.3 is 11.1 Å². The SMILES string of the molecule is Cc1cnc(C)c(NCc2cnn(C)c2N)n1. The summed E-state index contributed by atoms with van der Waals surface area (Å²) in [6, 6.07) is 0. The van der Waals surface area contributed by atoms with Gasteiger partial charge >= 0.3 is 0 Å². The largest absolute Gasteiger partial charge is 0.384 e. The Bertz CT molecular complexity index is 531. The van der Waals surface area contributed by atoms with Gasteiger partial charge in [0, 0.05) is 25.4 Å². The van der Waals surface area contributed by atoms with Gasteiger partial charge in [0.1, 0.15) is 11.6 Å². The highest BCUT2D eigenvalue weighted by atomic mass is 15.3. The molecule has 0 radical (unpaired) electrons. The number of aryl methyl sites for hydroxylation is 3. The molecule has 0 saturated heterocycles. The van der Waals surface area contributed by atoms with Gasteiger partial charge in [0.05, 0.1) is 17.6 Å². The quantitative estimate of drug-likeness (QED) is 0.825. The minimum atomic E-state index is 0.596. The van der Waals surface area contributed by atoms with Gasteiger partial charge in [-0.05, 0) is 13.8 Å². The fourth-order valence-electron chi connectivity index (χ4n) is 1.51. The van der Waals surface area contributed by atoms with E-state index in [1.807, 2.05) is 20.9 Å². The molecule has 2 aromatic rings. The van der Waals surface area contributed by atoms with Crippen LogP contribution in [0.3, 0.4) is 0 Å². The van der Waals surface area contributed by atoms with E-state index in [0.29, 0.717) is 12.4 Å². The van der Waals surface area contributed by atoms with Crippen LogP contribution in [-0.2, 0) is 13.6 Å². The van der Waals surface area contributed by atoms with E-state index in [0.717, 1.165) is 22.8 Å². The monoisotopic (exact) mass is 232 g/mol. The number of nitrogens with zero attached hydrogens (tertiary/aromatic N) is 4. The molecule has 0 spiro atoms. The third-order valence-electron chi connectivity index (χ3n) is 2.59. The number of rotatable bonds is 3. The highest BCUT2D eigenvalue weighted by Crippen LogP contribution is 2.14. The van der Waals surface area contributed by atoms with Crippen molar-refractivity contribution in [1.82, 2.24) is 19.7 Å². The van der Waals surface area contributed by atoms with Crippen molar-refractivity contribution in [3.05, 3.63) is 29.3 Å². The lowest BCUT2D eigenvalue weighted by molar-refractivity contribution is 0.778. The predicted molar refractivity (Wildman–Crippen MR) is 66.5 cm³/mol. The average Bonchev–Trinajstić information content (AvgIpc) is 2.62. The molecule has 0 aliphatic heterocycles. The van der Waals surface area contributed by atoms with Crippen LogP contribution < -0.4 is 11.1 Å². The van der Waals surface area contributed by atoms with Crippen LogP contribution >= 0.6 is 0 Å². The molecule has 6 heteroatoms. The molecule has 0 aliphatic carbocycles. The van der Waals surface area contributed by atoms with Crippen molar-refractivity contribution in [2.45, 2.75) is 20.4 Å². The van der Waals surface area contributed by atoms with Crippen LogP contribution in [0.2, 0.25) is 0 Å². The van der Waals surface area contributed by atoms with Gasteiger partial charge in [-0.25, -0.2) is 4.98 Å². The first kappa shape index (κ1) is 11.4. The van der Waals surface area contributed by atoms with Crippen molar-refractivity contribution < 1.29 is 0 Å². The van der Waals surface area contributed by atoms with Gasteiger partial charge in [-0.3, -0.25) is 9.67 Å². The first-order valence-electron chi connectivity index (χ1n) is 5.38. The maximum atomic E-state index is 5.86. The van der Waals surface area contributed by atoms with Crippen LogP contribution in [0, 0.1) is 13.8 Å². The molecule has 17 heavy (non-hydrogen) atoms. The van der Waals surface area contributed by atoms with Gasteiger partial charge in [-0.1, -0.05) is 0 Å². The number of aromatic nitrogens is 4. The third kappa shape index (κ3) is 2.35. The molecule has 6 nitrogen and oxygen atoms in total. The minimum absolute atomic E-state index is 0.596. The van der Waals surface area contributed by atoms with Gasteiger partial charge in [0.25, 0.3) is 0 Å². The smallest absolute Gasteiger partial charge is 0.148 e. The second-order valence-electron chi connectivity index (χ2n) is 3.98. The minimum Gasteiger partial charge on any atom is -0.384 e. The summed E-state index contributed by atoms with van der Waals surface area (Å²) < 4.78 is 1.64. The Labute approximate surface area is 99.9 Å². The Balaban J connectivity index is 2.12. The van der Waals surface area contributed by atoms with Crippen LogP contribution in [0.1, 0.15) is 17.0 Å². The lowest BCUT2D eigenvalue weighted by Gasteiger charge is -2.08. The van der Waals surface area contributed by atoms with Gasteiger partial charge in [0.15, 0.2) is 0 Å². The second-order valence-corrected chi connectivity index (χ2v) is 3.98. The summed E-state index contributed by atoms with van der Waals surface area (Å²) in [4.78, 5) is 8.62. The second kappa shape index (κ2) is 4.40. The lowest BCUT2D eigenvalue weighted by atomic mass is 10.3. The van der Waals surface area contributed by atoms with Crippen molar-refractivity contribution in [3.8, 4) is 0 Å². The highest BCUT2D eigenvalue weighted by molar-refractivity contribution is 5.44. The van der Waals surface area contributed by atoms with Crippen LogP contribution in [0.5, 0.6) is 0 Å². The van der Waals surface area contributed by atoms with E-state index in [9.17, 15) is 0 Å². The van der Waals surface area contributed by atoms with E-state index in [2.05, 4.69) is 20.4 Å². The van der Waals surface area contributed by atoms with Crippen molar-refractivity contribution >= 4 is 11.6 Å². The molecular formula is C11H16N6. The van der Waals surface area contributed by atoms with Crippen LogP contribution in [0.25, 0.3) is 0 Å². The topological polar surface area (TPSA) is 81.7 Å². The number of nitrogen functional groups attached to an aromatic ring is 1. The summed E-state index contributed by atoms with van der Waals surface area (Å²) in [6.45, 7) is 4.43. The zero-order valence-corrected chi connectivity index (χ0v) is 10.2. The van der Waals surface area contributed by atoms with Crippen molar-refractivity contribution in [2.75, 3.05) is 11.1 Å². The zero-order chi connectivity index (χ0) is 12.4. The fourth-order valence-corrected chi connectivity index (χ4v) is 1.51. The number of anilines is 2. The number of nitrogens with one attached hydrogen (secondary N) is 1. The molecule has 0 unspecified atom stereocenters. The molecule has 0 aromatic carbocycles. The molecule has 0 amide bonds. The molecule has 0 fully saturated rings. The molecule has 2 aromatic heterocycles. The molecule has 2 heterocycles. The Hall–Kier alpha value is -2.11. The zero-order valence-electron chi connectivity index (χ0n) is 10.2. The fraction of sp³-hybridized carbons (Fsp3) is 0.364.